The molecule has 14 heavy (non-hydrogen) atoms. The first-order valence-electron chi connectivity index (χ1n) is 5.37. The highest BCUT2D eigenvalue weighted by molar-refractivity contribution is 6.62. The van der Waals surface area contributed by atoms with Gasteiger partial charge in [0, 0.05) is 25.2 Å². The van der Waals surface area contributed by atoms with E-state index in [1.807, 2.05) is 0 Å². The average molecular weight is 217 g/mol. The summed E-state index contributed by atoms with van der Waals surface area (Å²) in [5.41, 5.74) is 0.368. The molecule has 0 unspecified atom stereocenters. The molecule has 0 spiro atoms. The highest BCUT2D eigenvalue weighted by Crippen LogP contribution is 2.27. The zero-order chi connectivity index (χ0) is 10.0. The molecule has 3 aliphatic heterocycles. The van der Waals surface area contributed by atoms with Gasteiger partial charge >= 0.3 is 8.80 Å². The molecule has 0 atom stereocenters. The highest BCUT2D eigenvalue weighted by Gasteiger charge is 2.47. The Hall–Kier alpha value is 0.0569. The smallest absolute Gasteiger partial charge is 0.372 e. The van der Waals surface area contributed by atoms with Gasteiger partial charge in [-0.1, -0.05) is 13.8 Å². The predicted octanol–water partition coefficient (Wildman–Crippen LogP) is 0.714. The third kappa shape index (κ3) is 2.01. The summed E-state index contributed by atoms with van der Waals surface area (Å²) in [6, 6.07) is 0. The minimum absolute atomic E-state index is 0.368. The van der Waals surface area contributed by atoms with Crippen molar-refractivity contribution < 1.29 is 13.3 Å². The Morgan fingerprint density at radius 3 is 1.71 bits per heavy atom. The van der Waals surface area contributed by atoms with Crippen LogP contribution < -0.4 is 0 Å². The Kier molecular flexibility index (Phi) is 3.23. The number of hydrogen-bond donors (Lipinski definition) is 0. The van der Waals surface area contributed by atoms with Crippen LogP contribution in [0.1, 0.15) is 13.8 Å². The molecule has 0 saturated carbocycles. The second-order valence-corrected chi connectivity index (χ2v) is 7.37. The number of rotatable bonds is 1. The molecule has 5 heteroatoms. The van der Waals surface area contributed by atoms with E-state index < -0.39 is 8.80 Å². The van der Waals surface area contributed by atoms with Crippen molar-refractivity contribution in [1.29, 1.82) is 0 Å². The van der Waals surface area contributed by atoms with E-state index in [1.54, 1.807) is 0 Å². The molecule has 82 valence electrons. The topological polar surface area (TPSA) is 30.9 Å². The van der Waals surface area contributed by atoms with Crippen molar-refractivity contribution in [2.24, 2.45) is 0 Å². The van der Waals surface area contributed by atoms with Crippen molar-refractivity contribution in [3.63, 3.8) is 0 Å². The van der Waals surface area contributed by atoms with Crippen LogP contribution in [0.2, 0.25) is 5.54 Å². The molecule has 3 fully saturated rings. The summed E-state index contributed by atoms with van der Waals surface area (Å²) in [6.45, 7) is 9.59. The summed E-state index contributed by atoms with van der Waals surface area (Å²) in [4.78, 5) is 2.33. The molecule has 3 saturated heterocycles. The number of nitrogens with zero attached hydrogens (tertiary/aromatic N) is 1. The van der Waals surface area contributed by atoms with Crippen molar-refractivity contribution >= 4 is 8.80 Å². The lowest BCUT2D eigenvalue weighted by molar-refractivity contribution is -0.0129. The molecule has 0 N–H and O–H groups in total. The molecule has 3 aliphatic rings. The zero-order valence-corrected chi connectivity index (χ0v) is 9.99. The van der Waals surface area contributed by atoms with Crippen molar-refractivity contribution in [2.45, 2.75) is 19.4 Å². The van der Waals surface area contributed by atoms with Crippen LogP contribution in [-0.2, 0) is 13.3 Å². The third-order valence-corrected chi connectivity index (χ3v) is 6.07. The van der Waals surface area contributed by atoms with E-state index in [1.165, 1.54) is 0 Å². The van der Waals surface area contributed by atoms with Gasteiger partial charge in [0.2, 0.25) is 0 Å². The van der Waals surface area contributed by atoms with E-state index in [-0.39, 0.29) is 0 Å². The first-order chi connectivity index (χ1) is 6.73. The fraction of sp³-hybridized carbons (Fsp3) is 1.00. The molecule has 2 bridgehead atoms. The summed E-state index contributed by atoms with van der Waals surface area (Å²) in [7, 11) is -2.33. The normalized spacial score (nSPS) is 39.2. The quantitative estimate of drug-likeness (QED) is 0.605. The molecule has 0 aliphatic carbocycles. The van der Waals surface area contributed by atoms with Crippen LogP contribution in [0.5, 0.6) is 0 Å². The summed E-state index contributed by atoms with van der Waals surface area (Å²) in [6.07, 6.45) is 0. The minimum Gasteiger partial charge on any atom is -0.372 e. The van der Waals surface area contributed by atoms with Crippen LogP contribution in [0.25, 0.3) is 0 Å². The van der Waals surface area contributed by atoms with Gasteiger partial charge in [-0.15, -0.1) is 0 Å². The van der Waals surface area contributed by atoms with Gasteiger partial charge in [0.15, 0.2) is 0 Å². The summed E-state index contributed by atoms with van der Waals surface area (Å²) < 4.78 is 17.6. The second-order valence-electron chi connectivity index (χ2n) is 4.15. The van der Waals surface area contributed by atoms with E-state index in [0.717, 1.165) is 39.5 Å². The van der Waals surface area contributed by atoms with Gasteiger partial charge < -0.3 is 13.3 Å². The van der Waals surface area contributed by atoms with E-state index in [0.29, 0.717) is 5.54 Å². The van der Waals surface area contributed by atoms with Gasteiger partial charge in [-0.3, -0.25) is 4.90 Å². The lowest BCUT2D eigenvalue weighted by Gasteiger charge is -2.39. The molecule has 0 aromatic heterocycles. The molecule has 0 aromatic rings. The number of hydrogen-bond acceptors (Lipinski definition) is 4. The van der Waals surface area contributed by atoms with Crippen molar-refractivity contribution in [2.75, 3.05) is 39.5 Å². The number of fused-ring (bicyclic) bond motifs is 6. The zero-order valence-electron chi connectivity index (χ0n) is 8.99. The monoisotopic (exact) mass is 217 g/mol. The predicted molar refractivity (Wildman–Crippen MR) is 55.1 cm³/mol. The maximum absolute atomic E-state index is 5.86. The van der Waals surface area contributed by atoms with Crippen LogP contribution in [-0.4, -0.2) is 53.2 Å². The second kappa shape index (κ2) is 4.28. The Bertz CT molecular complexity index is 174. The summed E-state index contributed by atoms with van der Waals surface area (Å²) in [5, 5.41) is 0. The van der Waals surface area contributed by atoms with Crippen molar-refractivity contribution in [1.82, 2.24) is 4.90 Å². The molecular formula is C9H19NO3Si. The van der Waals surface area contributed by atoms with E-state index in [9.17, 15) is 0 Å². The van der Waals surface area contributed by atoms with Crippen LogP contribution >= 0.6 is 0 Å². The maximum atomic E-state index is 5.86. The lowest BCUT2D eigenvalue weighted by atomic mass is 10.4. The molecule has 4 nitrogen and oxygen atoms in total. The van der Waals surface area contributed by atoms with Gasteiger partial charge in [-0.25, -0.2) is 0 Å². The third-order valence-electron chi connectivity index (χ3n) is 2.84. The fourth-order valence-corrected chi connectivity index (χ4v) is 4.29. The van der Waals surface area contributed by atoms with Crippen molar-refractivity contribution in [3.8, 4) is 0 Å². The Labute approximate surface area is 86.5 Å². The summed E-state index contributed by atoms with van der Waals surface area (Å²) in [5.74, 6) is 0. The van der Waals surface area contributed by atoms with Crippen LogP contribution in [0, 0.1) is 0 Å². The van der Waals surface area contributed by atoms with Crippen LogP contribution in [0.15, 0.2) is 0 Å². The van der Waals surface area contributed by atoms with Gasteiger partial charge in [0.1, 0.15) is 0 Å². The molecule has 0 amide bonds. The van der Waals surface area contributed by atoms with E-state index in [4.69, 9.17) is 13.3 Å². The lowest BCUT2D eigenvalue weighted by Crippen LogP contribution is -2.56. The molecule has 0 radical (unpaired) electrons. The largest absolute Gasteiger partial charge is 0.503 e. The first-order valence-corrected chi connectivity index (χ1v) is 7.17. The van der Waals surface area contributed by atoms with E-state index in [2.05, 4.69) is 18.7 Å². The first kappa shape index (κ1) is 10.6. The van der Waals surface area contributed by atoms with Gasteiger partial charge in [0.05, 0.1) is 19.8 Å². The SMILES string of the molecule is CC(C)[Si]12OCCN(CCO1)CCO2. The fourth-order valence-electron chi connectivity index (χ4n) is 1.91. The van der Waals surface area contributed by atoms with E-state index >= 15 is 0 Å². The Balaban J connectivity index is 2.12. The molecular weight excluding hydrogens is 198 g/mol. The molecule has 3 heterocycles. The van der Waals surface area contributed by atoms with Crippen molar-refractivity contribution in [3.05, 3.63) is 0 Å². The minimum atomic E-state index is -2.33. The average Bonchev–Trinajstić information content (AvgIpc) is 1.99. The Morgan fingerprint density at radius 2 is 1.36 bits per heavy atom. The Morgan fingerprint density at radius 1 is 0.929 bits per heavy atom. The van der Waals surface area contributed by atoms with Gasteiger partial charge in [0.25, 0.3) is 0 Å². The van der Waals surface area contributed by atoms with Gasteiger partial charge in [-0.05, 0) is 0 Å². The van der Waals surface area contributed by atoms with Gasteiger partial charge in [-0.2, -0.15) is 0 Å². The maximum Gasteiger partial charge on any atom is 0.503 e. The summed E-state index contributed by atoms with van der Waals surface area (Å²) >= 11 is 0. The standard InChI is InChI=1S/C9H19NO3Si/c1-9(2)14-11-6-3-10(4-7-12-14)5-8-13-14/h9H,3-8H2,1-2H3. The molecule has 3 rings (SSSR count). The highest BCUT2D eigenvalue weighted by atomic mass is 28.4. The molecule has 0 aromatic carbocycles. The van der Waals surface area contributed by atoms with Crippen LogP contribution in [0.3, 0.4) is 0 Å². The van der Waals surface area contributed by atoms with Crippen LogP contribution in [0.4, 0.5) is 0 Å².